The molecule has 2 aliphatic rings. The van der Waals surface area contributed by atoms with Gasteiger partial charge < -0.3 is 51.4 Å². The van der Waals surface area contributed by atoms with Gasteiger partial charge in [-0.3, -0.25) is 38.5 Å². The molecule has 482 valence electrons. The van der Waals surface area contributed by atoms with Crippen LogP contribution in [0.25, 0.3) is 43.4 Å². The summed E-state index contributed by atoms with van der Waals surface area (Å²) in [5.74, 6) is -5.45. The van der Waals surface area contributed by atoms with Crippen molar-refractivity contribution in [2.45, 2.75) is 109 Å². The number of aryl methyl sites for hydroxylation is 1. The molecule has 92 heavy (non-hydrogen) atoms. The van der Waals surface area contributed by atoms with Crippen molar-refractivity contribution in [1.29, 1.82) is 0 Å². The smallest absolute Gasteiger partial charge is 0.415 e. The van der Waals surface area contributed by atoms with E-state index in [1.807, 2.05) is 13.8 Å². The van der Waals surface area contributed by atoms with Crippen molar-refractivity contribution in [2.24, 2.45) is 11.8 Å². The highest BCUT2D eigenvalue weighted by molar-refractivity contribution is 7.15. The number of nitrogens with one attached hydrogen (secondary N) is 5. The molecule has 10 bridgehead atoms. The van der Waals surface area contributed by atoms with Gasteiger partial charge in [0.1, 0.15) is 88.3 Å². The number of hydrogen-bond acceptors (Lipinski definition) is 24. The number of aliphatic hydroxyl groups excluding tert-OH is 1. The number of benzene rings is 1. The number of aromatic nitrogens is 7. The van der Waals surface area contributed by atoms with Crippen LogP contribution in [0.5, 0.6) is 0 Å². The molecule has 8 aromatic rings. The van der Waals surface area contributed by atoms with Crippen LogP contribution in [0.2, 0.25) is 0 Å². The first-order chi connectivity index (χ1) is 44.2. The predicted molar refractivity (Wildman–Crippen MR) is 346 cm³/mol. The minimum atomic E-state index is -1.31. The largest absolute Gasteiger partial charge is 0.481 e. The molecule has 1 aliphatic carbocycles. The average Bonchev–Trinajstić information content (AvgIpc) is 1.62. The number of thiazole rings is 6. The minimum absolute atomic E-state index is 0.00983. The van der Waals surface area contributed by atoms with Crippen molar-refractivity contribution in [3.05, 3.63) is 111 Å². The molecule has 8 heterocycles. The number of unbranched alkanes of at least 4 members (excludes halogenated alkanes) is 1. The Kier molecular flexibility index (Phi) is 21.7. The number of hydrogen-bond donors (Lipinski definition) is 8. The predicted octanol–water partition coefficient (Wildman–Crippen LogP) is 9.15. The average molecular weight is 1370 g/mol. The normalized spacial score (nSPS) is 18.4. The summed E-state index contributed by atoms with van der Waals surface area (Å²) in [4.78, 5) is 143. The van der Waals surface area contributed by atoms with Gasteiger partial charge in [0.2, 0.25) is 11.8 Å². The number of nitrogens with zero attached hydrogens (tertiary/aromatic N) is 8. The number of carbonyl (C=O) groups is 8. The molecule has 1 saturated carbocycles. The maximum absolute atomic E-state index is 14.4. The van der Waals surface area contributed by atoms with Gasteiger partial charge in [0.05, 0.1) is 48.1 Å². The van der Waals surface area contributed by atoms with Crippen LogP contribution < -0.4 is 31.5 Å². The van der Waals surface area contributed by atoms with Gasteiger partial charge in [-0.2, -0.15) is 0 Å². The monoisotopic (exact) mass is 1370 g/mol. The number of aliphatic carboxylic acids is 2. The molecule has 6 amide bonds. The summed E-state index contributed by atoms with van der Waals surface area (Å²) in [6.45, 7) is 4.96. The van der Waals surface area contributed by atoms with Gasteiger partial charge in [-0.25, -0.2) is 39.7 Å². The van der Waals surface area contributed by atoms with Crippen LogP contribution in [0.1, 0.15) is 151 Å². The lowest BCUT2D eigenvalue weighted by Crippen LogP contribution is -2.40. The van der Waals surface area contributed by atoms with Crippen LogP contribution >= 0.6 is 68.0 Å². The Hall–Kier alpha value is -8.37. The summed E-state index contributed by atoms with van der Waals surface area (Å²) in [7, 11) is 2.92. The molecule has 1 fully saturated rings. The van der Waals surface area contributed by atoms with E-state index < -0.39 is 90.4 Å². The van der Waals surface area contributed by atoms with Gasteiger partial charge in [0.15, 0.2) is 0 Å². The number of ether oxygens (including phenoxy) is 2. The molecular weight excluding hydrogens is 1300 g/mol. The Morgan fingerprint density at radius 1 is 0.696 bits per heavy atom. The number of carboxylic acid groups (broad SMARTS) is 2. The zero-order chi connectivity index (χ0) is 65.3. The topological polar surface area (TPSA) is 369 Å². The Labute approximate surface area is 550 Å². The number of amides is 6. The van der Waals surface area contributed by atoms with E-state index in [4.69, 9.17) is 44.4 Å². The van der Waals surface area contributed by atoms with Crippen molar-refractivity contribution in [1.82, 2.24) is 61.5 Å². The van der Waals surface area contributed by atoms with E-state index in [0.29, 0.717) is 101 Å². The van der Waals surface area contributed by atoms with Gasteiger partial charge in [-0.1, -0.05) is 44.2 Å². The van der Waals surface area contributed by atoms with Crippen LogP contribution in [0.3, 0.4) is 0 Å². The van der Waals surface area contributed by atoms with Crippen molar-refractivity contribution in [2.75, 3.05) is 32.1 Å². The third-order valence-corrected chi connectivity index (χ3v) is 20.8. The Bertz CT molecular complexity index is 4020. The Morgan fingerprint density at radius 3 is 2.13 bits per heavy atom. The summed E-state index contributed by atoms with van der Waals surface area (Å²) < 4.78 is 11.4. The second-order valence-corrected chi connectivity index (χ2v) is 27.7. The number of rotatable bonds is 16. The SMILES string of the molecule is CNC(=O)C[C@@H]1NC(=O)c2csc(n2)-c2ccc(-c3nc(N(CCCCC(=O)O)C(=O)O[C@H]4CC[C@H](C(=O)O)CC4)cs3)nc2-c2csc(n2)-c2csc(n2)[C@H]([C@@H](O)c2ccccc2)NC(=O)CNC(=O)c2nc(sc2COC)C(C(C)C)NC(=O)c2nc1sc2C. The third kappa shape index (κ3) is 15.7. The molecule has 0 saturated heterocycles. The number of carbonyl (C=O) groups excluding carboxylic acids is 6. The number of pyridine rings is 1. The number of anilines is 1. The Morgan fingerprint density at radius 2 is 1.40 bits per heavy atom. The van der Waals surface area contributed by atoms with Crippen LogP contribution in [0.15, 0.2) is 64.0 Å². The molecule has 10 rings (SSSR count). The van der Waals surface area contributed by atoms with Crippen molar-refractivity contribution in [3.8, 4) is 43.4 Å². The minimum Gasteiger partial charge on any atom is -0.481 e. The molecule has 0 radical (unpaired) electrons. The molecule has 7 aromatic heterocycles. The highest BCUT2D eigenvalue weighted by Crippen LogP contribution is 2.41. The molecule has 4 atom stereocenters. The summed E-state index contributed by atoms with van der Waals surface area (Å²) >= 11 is 7.01. The van der Waals surface area contributed by atoms with Crippen LogP contribution in [0, 0.1) is 18.8 Å². The van der Waals surface area contributed by atoms with E-state index in [2.05, 4.69) is 26.6 Å². The van der Waals surface area contributed by atoms with Crippen molar-refractivity contribution >= 4 is 121 Å². The molecule has 1 unspecified atom stereocenters. The van der Waals surface area contributed by atoms with Gasteiger partial charge in [-0.05, 0) is 69.1 Å². The number of fused-ring (bicyclic) bond motifs is 14. The highest BCUT2D eigenvalue weighted by atomic mass is 32.1. The lowest BCUT2D eigenvalue weighted by Gasteiger charge is -2.28. The highest BCUT2D eigenvalue weighted by Gasteiger charge is 2.35. The van der Waals surface area contributed by atoms with E-state index in [1.54, 1.807) is 70.9 Å². The summed E-state index contributed by atoms with van der Waals surface area (Å²) in [6, 6.07) is 9.27. The maximum atomic E-state index is 14.4. The molecule has 1 aromatic carbocycles. The summed E-state index contributed by atoms with van der Waals surface area (Å²) in [5.41, 5.74) is 2.35. The third-order valence-electron chi connectivity index (χ3n) is 15.0. The van der Waals surface area contributed by atoms with Crippen LogP contribution in [-0.2, 0) is 35.3 Å². The van der Waals surface area contributed by atoms with Gasteiger partial charge in [0, 0.05) is 59.1 Å². The fourth-order valence-corrected chi connectivity index (χ4v) is 15.7. The molecule has 1 aliphatic heterocycles. The van der Waals surface area contributed by atoms with Gasteiger partial charge >= 0.3 is 18.0 Å². The van der Waals surface area contributed by atoms with Crippen LogP contribution in [0.4, 0.5) is 10.6 Å². The van der Waals surface area contributed by atoms with E-state index in [1.165, 1.54) is 53.1 Å². The first-order valence-electron chi connectivity index (χ1n) is 29.1. The first-order valence-corrected chi connectivity index (χ1v) is 34.3. The number of aliphatic hydroxyl groups is 1. The van der Waals surface area contributed by atoms with E-state index in [-0.39, 0.29) is 66.2 Å². The van der Waals surface area contributed by atoms with Crippen molar-refractivity contribution < 1.29 is 63.1 Å². The summed E-state index contributed by atoms with van der Waals surface area (Å²) in [5, 5.41) is 53.8. The maximum Gasteiger partial charge on any atom is 0.415 e. The molecular formula is C60H63N13O13S6. The second-order valence-electron chi connectivity index (χ2n) is 21.8. The van der Waals surface area contributed by atoms with Crippen molar-refractivity contribution in [3.63, 3.8) is 0 Å². The van der Waals surface area contributed by atoms with E-state index >= 15 is 0 Å². The van der Waals surface area contributed by atoms with Crippen LogP contribution in [-0.4, -0.2) is 131 Å². The first kappa shape index (κ1) is 66.5. The Balaban J connectivity index is 1.03. The fraction of sp³-hybridized carbons (Fsp3) is 0.383. The van der Waals surface area contributed by atoms with E-state index in [9.17, 15) is 53.7 Å². The molecule has 8 N–H and O–H groups in total. The lowest BCUT2D eigenvalue weighted by atomic mass is 9.87. The molecule has 0 spiro atoms. The quantitative estimate of drug-likeness (QED) is 0.0418. The second kappa shape index (κ2) is 29.9. The zero-order valence-corrected chi connectivity index (χ0v) is 55.0. The zero-order valence-electron chi connectivity index (χ0n) is 50.1. The van der Waals surface area contributed by atoms with Gasteiger partial charge in [-0.15, -0.1) is 68.0 Å². The molecule has 32 heteroatoms. The van der Waals surface area contributed by atoms with Gasteiger partial charge in [0.25, 0.3) is 17.7 Å². The fourth-order valence-electron chi connectivity index (χ4n) is 10.2. The number of carboxylic acids is 2. The number of methoxy groups -OCH3 is 1. The standard InChI is InChI=1S/C60H63N13O13S6/c1-28(2)44-58-72-47(39(92-58)23-85-5)51(80)62-22-42(75)69-48(49(78)30-11-7-6-8-12-30)57-67-38(26-89-57)55-65-36(24-88-55)46-33(53-66-37(25-87-53)50(79)64-35(21-41(74)61-4)56-71-45(29(3)91-56)52(81)70-44)18-19-34(63-46)54-68-40(27-90-54)73(20-10-9-13-43(76)77)60(84)86-32-16-14-31(15-17-32)59(82)83/h6-8,11-12,18-19,24-28,31-32,35,44,48-49,78H,9-10,13-17,20-23H2,1-5H3,(H,61,74)(H,62,80)(H,64,79)(H,69,75)(H,70,81)(H,76,77)(H,82,83)/t31-,32-,35-,44?,48-,49-/m0/s1. The lowest BCUT2D eigenvalue weighted by molar-refractivity contribution is -0.143. The summed E-state index contributed by atoms with van der Waals surface area (Å²) in [6.07, 6.45) is -0.911. The van der Waals surface area contributed by atoms with E-state index in [0.717, 1.165) is 34.0 Å². The molecule has 26 nitrogen and oxygen atoms in total.